The standard InChI is InChI=1S/C6H6S.Al.3ClH/c7-6-4-2-1-3-5-6;;;;/h1-5,7H;;3*1H/q;+3;;;/p-3. The Bertz CT molecular complexity index is 178. The Morgan fingerprint density at radius 1 is 1.00 bits per heavy atom. The summed E-state index contributed by atoms with van der Waals surface area (Å²) in [4.78, 5) is 1.02. The minimum atomic E-state index is -1.72. The topological polar surface area (TPSA) is 0 Å². The molecule has 0 aromatic heterocycles. The largest absolute Gasteiger partial charge is 0.643 e. The molecule has 11 heavy (non-hydrogen) atoms. The second kappa shape index (κ2) is 7.61. The Labute approximate surface area is 88.9 Å². The maximum absolute atomic E-state index is 4.94. The number of benzene rings is 1. The fourth-order valence-electron chi connectivity index (χ4n) is 0.428. The lowest BCUT2D eigenvalue weighted by Gasteiger charge is -1.81. The average Bonchev–Trinajstić information content (AvgIpc) is 1.87. The molecular formula is C6H6AlCl3S. The van der Waals surface area contributed by atoms with E-state index in [1.807, 2.05) is 30.3 Å². The van der Waals surface area contributed by atoms with E-state index in [9.17, 15) is 0 Å². The quantitative estimate of drug-likeness (QED) is 0.522. The van der Waals surface area contributed by atoms with E-state index in [1.54, 1.807) is 0 Å². The molecule has 0 atom stereocenters. The zero-order chi connectivity index (χ0) is 8.69. The molecule has 0 heterocycles. The summed E-state index contributed by atoms with van der Waals surface area (Å²) < 4.78 is 0. The Morgan fingerprint density at radius 3 is 1.55 bits per heavy atom. The van der Waals surface area contributed by atoms with Gasteiger partial charge >= 0.3 is 11.4 Å². The van der Waals surface area contributed by atoms with E-state index >= 15 is 0 Å². The van der Waals surface area contributed by atoms with Gasteiger partial charge in [0.1, 0.15) is 0 Å². The molecule has 0 bridgehead atoms. The minimum absolute atomic E-state index is 1.02. The van der Waals surface area contributed by atoms with Crippen LogP contribution in [0.4, 0.5) is 0 Å². The molecular weight excluding hydrogens is 237 g/mol. The van der Waals surface area contributed by atoms with Crippen molar-refractivity contribution in [3.05, 3.63) is 30.3 Å². The lowest BCUT2D eigenvalue weighted by atomic mass is 10.4. The third kappa shape index (κ3) is 11.0. The Balaban J connectivity index is 0.000000218. The first-order valence-corrected chi connectivity index (χ1v) is 8.47. The maximum atomic E-state index is 4.94. The third-order valence-corrected chi connectivity index (χ3v) is 1.05. The highest BCUT2D eigenvalue weighted by Gasteiger charge is 2.00. The molecule has 0 nitrogen and oxygen atoms in total. The predicted molar refractivity (Wildman–Crippen MR) is 57.0 cm³/mol. The highest BCUT2D eigenvalue weighted by atomic mass is 35.8. The Kier molecular flexibility index (Phi) is 8.29. The molecule has 0 aliphatic carbocycles. The average molecular weight is 244 g/mol. The number of halogens is 3. The van der Waals surface area contributed by atoms with Gasteiger partial charge < -0.3 is 0 Å². The van der Waals surface area contributed by atoms with Gasteiger partial charge in [-0.2, -0.15) is 0 Å². The van der Waals surface area contributed by atoms with Gasteiger partial charge in [-0.25, -0.2) is 30.1 Å². The van der Waals surface area contributed by atoms with E-state index in [2.05, 4.69) is 12.6 Å². The van der Waals surface area contributed by atoms with Gasteiger partial charge in [0.15, 0.2) is 0 Å². The number of thiol groups is 1. The molecule has 0 fully saturated rings. The normalized spacial score (nSPS) is 8.00. The van der Waals surface area contributed by atoms with Crippen LogP contribution in [0, 0.1) is 0 Å². The summed E-state index contributed by atoms with van der Waals surface area (Å²) in [6.45, 7) is 0. The van der Waals surface area contributed by atoms with Gasteiger partial charge in [0.25, 0.3) is 0 Å². The molecule has 0 saturated heterocycles. The fourth-order valence-corrected chi connectivity index (χ4v) is 0.600. The molecule has 0 saturated carbocycles. The van der Waals surface area contributed by atoms with Crippen LogP contribution in [0.15, 0.2) is 35.2 Å². The lowest BCUT2D eigenvalue weighted by molar-refractivity contribution is 1.48. The summed E-state index contributed by atoms with van der Waals surface area (Å²) in [5.74, 6) is 0. The van der Waals surface area contributed by atoms with Gasteiger partial charge in [-0.05, 0) is 12.1 Å². The molecule has 5 heteroatoms. The zero-order valence-corrected chi connectivity index (χ0v) is 9.86. The minimum Gasteiger partial charge on any atom is -0.214 e. The number of hydrogen-bond donors (Lipinski definition) is 1. The van der Waals surface area contributed by atoms with Gasteiger partial charge in [-0.1, -0.05) is 18.2 Å². The van der Waals surface area contributed by atoms with Gasteiger partial charge in [0, 0.05) is 4.90 Å². The monoisotopic (exact) mass is 242 g/mol. The van der Waals surface area contributed by atoms with Crippen LogP contribution in [0.5, 0.6) is 0 Å². The SMILES string of the molecule is Sc1ccccc1.[Cl][Al]([Cl])[Cl]. The second-order valence-corrected chi connectivity index (χ2v) is 8.53. The van der Waals surface area contributed by atoms with Crippen LogP contribution in [0.25, 0.3) is 0 Å². The first-order chi connectivity index (χ1) is 5.13. The van der Waals surface area contributed by atoms with Crippen molar-refractivity contribution < 1.29 is 0 Å². The van der Waals surface area contributed by atoms with Crippen LogP contribution in [-0.2, 0) is 0 Å². The molecule has 0 aliphatic rings. The van der Waals surface area contributed by atoms with Gasteiger partial charge in [-0.15, -0.1) is 12.6 Å². The van der Waals surface area contributed by atoms with Crippen LogP contribution in [0.1, 0.15) is 0 Å². The fraction of sp³-hybridized carbons (Fsp3) is 0. The Hall–Kier alpha value is 0.972. The molecule has 60 valence electrons. The lowest BCUT2D eigenvalue weighted by Crippen LogP contribution is -1.66. The highest BCUT2D eigenvalue weighted by Crippen LogP contribution is 2.00. The summed E-state index contributed by atoms with van der Waals surface area (Å²) in [5.41, 5.74) is 0. The first kappa shape index (κ1) is 12.0. The zero-order valence-electron chi connectivity index (χ0n) is 5.55. The maximum Gasteiger partial charge on any atom is 0.643 e. The van der Waals surface area contributed by atoms with Crippen molar-refractivity contribution in [2.45, 2.75) is 4.90 Å². The third-order valence-electron chi connectivity index (χ3n) is 0.756. The molecule has 1 aromatic rings. The van der Waals surface area contributed by atoms with Crippen molar-refractivity contribution in [1.82, 2.24) is 0 Å². The van der Waals surface area contributed by atoms with Crippen molar-refractivity contribution in [1.29, 1.82) is 0 Å². The summed E-state index contributed by atoms with van der Waals surface area (Å²) in [6, 6.07) is 9.79. The summed E-state index contributed by atoms with van der Waals surface area (Å²) in [5, 5.41) is 0. The van der Waals surface area contributed by atoms with Gasteiger partial charge in [-0.3, -0.25) is 0 Å². The summed E-state index contributed by atoms with van der Waals surface area (Å²) in [6.07, 6.45) is 0. The van der Waals surface area contributed by atoms with Crippen molar-refractivity contribution in [2.24, 2.45) is 0 Å². The van der Waals surface area contributed by atoms with Crippen LogP contribution >= 0.6 is 42.8 Å². The van der Waals surface area contributed by atoms with E-state index in [0.29, 0.717) is 0 Å². The smallest absolute Gasteiger partial charge is 0.214 e. The highest BCUT2D eigenvalue weighted by molar-refractivity contribution is 7.80. The number of hydrogen-bond acceptors (Lipinski definition) is 1. The van der Waals surface area contributed by atoms with Gasteiger partial charge in [0.05, 0.1) is 0 Å². The van der Waals surface area contributed by atoms with E-state index in [4.69, 9.17) is 30.1 Å². The van der Waals surface area contributed by atoms with Crippen LogP contribution in [-0.4, -0.2) is 11.4 Å². The van der Waals surface area contributed by atoms with E-state index in [-0.39, 0.29) is 0 Å². The van der Waals surface area contributed by atoms with Crippen LogP contribution < -0.4 is 0 Å². The molecule has 0 spiro atoms. The number of rotatable bonds is 0. The molecule has 0 aliphatic heterocycles. The van der Waals surface area contributed by atoms with E-state index in [0.717, 1.165) is 4.90 Å². The van der Waals surface area contributed by atoms with Crippen molar-refractivity contribution >= 4 is 54.2 Å². The van der Waals surface area contributed by atoms with Crippen molar-refractivity contribution in [2.75, 3.05) is 0 Å². The first-order valence-electron chi connectivity index (χ1n) is 2.79. The van der Waals surface area contributed by atoms with Crippen LogP contribution in [0.3, 0.4) is 0 Å². The molecule has 1 aromatic carbocycles. The van der Waals surface area contributed by atoms with Crippen LogP contribution in [0.2, 0.25) is 0 Å². The Morgan fingerprint density at radius 2 is 1.36 bits per heavy atom. The second-order valence-electron chi connectivity index (χ2n) is 1.58. The molecule has 0 unspecified atom stereocenters. The molecule has 0 radical (unpaired) electrons. The van der Waals surface area contributed by atoms with Crippen molar-refractivity contribution in [3.63, 3.8) is 0 Å². The molecule has 0 N–H and O–H groups in total. The summed E-state index contributed by atoms with van der Waals surface area (Å²) in [7, 11) is 14.8. The van der Waals surface area contributed by atoms with E-state index in [1.165, 1.54) is 0 Å². The van der Waals surface area contributed by atoms with Gasteiger partial charge in [0.2, 0.25) is 0 Å². The molecule has 0 amide bonds. The van der Waals surface area contributed by atoms with Crippen molar-refractivity contribution in [3.8, 4) is 0 Å². The summed E-state index contributed by atoms with van der Waals surface area (Å²) >= 11 is 2.36. The molecule has 1 rings (SSSR count). The van der Waals surface area contributed by atoms with E-state index < -0.39 is 11.4 Å². The predicted octanol–water partition coefficient (Wildman–Crippen LogP) is 3.66.